The molecule has 0 aromatic carbocycles. The molecule has 1 aliphatic heterocycles. The first-order valence-corrected chi connectivity index (χ1v) is 12.3. The summed E-state index contributed by atoms with van der Waals surface area (Å²) in [7, 11) is 0. The Morgan fingerprint density at radius 1 is 1.00 bits per heavy atom. The lowest BCUT2D eigenvalue weighted by molar-refractivity contribution is 0.406. The summed E-state index contributed by atoms with van der Waals surface area (Å²) in [6.45, 7) is 5.89. The van der Waals surface area contributed by atoms with Crippen molar-refractivity contribution in [3.63, 3.8) is 0 Å². The molecular weight excluding hydrogens is 481 g/mol. The Bertz CT molecular complexity index is 1480. The van der Waals surface area contributed by atoms with Gasteiger partial charge in [-0.25, -0.2) is 19.3 Å². The van der Waals surface area contributed by atoms with Crippen LogP contribution in [-0.4, -0.2) is 50.1 Å². The molecule has 2 fully saturated rings. The van der Waals surface area contributed by atoms with Crippen molar-refractivity contribution in [1.29, 1.82) is 0 Å². The number of nitrogens with one attached hydrogen (secondary N) is 2. The molecule has 37 heavy (non-hydrogen) atoms. The number of hydrogen-bond donors (Lipinski definition) is 2. The molecule has 2 unspecified atom stereocenters. The normalized spacial score (nSPS) is 19.9. The molecule has 1 saturated heterocycles. The maximum Gasteiger partial charge on any atom is 0.217 e. The van der Waals surface area contributed by atoms with Gasteiger partial charge in [0.1, 0.15) is 11.6 Å². The molecule has 0 radical (unpaired) electrons. The first-order valence-electron chi connectivity index (χ1n) is 12.3. The molecule has 0 bridgehead atoms. The van der Waals surface area contributed by atoms with Gasteiger partial charge in [-0.3, -0.25) is 4.98 Å². The Balaban J connectivity index is 1.44. The van der Waals surface area contributed by atoms with E-state index in [1.54, 1.807) is 18.3 Å². The second-order valence-electron chi connectivity index (χ2n) is 9.79. The van der Waals surface area contributed by atoms with Crippen LogP contribution in [0.25, 0.3) is 22.3 Å². The minimum atomic E-state index is -1.34. The maximum absolute atomic E-state index is 14.2. The Morgan fingerprint density at radius 2 is 1.78 bits per heavy atom. The Morgan fingerprint density at radius 3 is 2.54 bits per heavy atom. The summed E-state index contributed by atoms with van der Waals surface area (Å²) in [5.74, 6) is -2.45. The summed E-state index contributed by atoms with van der Waals surface area (Å²) in [6.07, 6.45) is 7.42. The van der Waals surface area contributed by atoms with E-state index in [-0.39, 0.29) is 17.9 Å². The average molecular weight is 507 g/mol. The van der Waals surface area contributed by atoms with E-state index in [2.05, 4.69) is 44.3 Å². The van der Waals surface area contributed by atoms with E-state index in [1.165, 1.54) is 11.8 Å². The number of anilines is 3. The molecule has 190 valence electrons. The molecule has 1 saturated carbocycles. The van der Waals surface area contributed by atoms with E-state index in [9.17, 15) is 13.2 Å². The fourth-order valence-electron chi connectivity index (χ4n) is 4.96. The summed E-state index contributed by atoms with van der Waals surface area (Å²) < 4.78 is 41.4. The Kier molecular flexibility index (Phi) is 5.86. The Hall–Kier alpha value is -3.86. The van der Waals surface area contributed by atoms with Gasteiger partial charge in [0.15, 0.2) is 17.5 Å². The number of nitrogens with zero attached hydrogens (tertiary/aromatic N) is 6. The summed E-state index contributed by atoms with van der Waals surface area (Å²) in [4.78, 5) is 24.2. The zero-order valence-corrected chi connectivity index (χ0v) is 20.3. The molecule has 4 aromatic rings. The molecule has 8 nitrogen and oxygen atoms in total. The van der Waals surface area contributed by atoms with Gasteiger partial charge in [-0.05, 0) is 50.3 Å². The molecule has 5 heterocycles. The number of pyridine rings is 3. The van der Waals surface area contributed by atoms with E-state index < -0.39 is 23.4 Å². The van der Waals surface area contributed by atoms with Crippen LogP contribution in [-0.2, 0) is 0 Å². The molecule has 6 rings (SSSR count). The van der Waals surface area contributed by atoms with Gasteiger partial charge in [0, 0.05) is 54.6 Å². The van der Waals surface area contributed by atoms with Gasteiger partial charge in [0.2, 0.25) is 11.8 Å². The minimum Gasteiger partial charge on any atom is -0.353 e. The maximum atomic E-state index is 14.2. The van der Waals surface area contributed by atoms with Gasteiger partial charge < -0.3 is 15.5 Å². The molecule has 11 heteroatoms. The second-order valence-corrected chi connectivity index (χ2v) is 9.79. The first kappa shape index (κ1) is 23.5. The van der Waals surface area contributed by atoms with Gasteiger partial charge in [0.25, 0.3) is 0 Å². The molecule has 0 amide bonds. The summed E-state index contributed by atoms with van der Waals surface area (Å²) in [5, 5.41) is 7.15. The van der Waals surface area contributed by atoms with Crippen LogP contribution in [0.2, 0.25) is 0 Å². The number of hydrogen-bond acceptors (Lipinski definition) is 8. The van der Waals surface area contributed by atoms with Crippen molar-refractivity contribution in [3.8, 4) is 11.4 Å². The van der Waals surface area contributed by atoms with Crippen LogP contribution in [0.1, 0.15) is 38.2 Å². The summed E-state index contributed by atoms with van der Waals surface area (Å²) in [5.41, 5.74) is 2.52. The zero-order valence-electron chi connectivity index (χ0n) is 20.3. The smallest absolute Gasteiger partial charge is 0.217 e. The number of rotatable bonds is 5. The van der Waals surface area contributed by atoms with Crippen molar-refractivity contribution in [3.05, 3.63) is 59.9 Å². The predicted molar refractivity (Wildman–Crippen MR) is 134 cm³/mol. The minimum absolute atomic E-state index is 0.147. The van der Waals surface area contributed by atoms with Gasteiger partial charge in [-0.1, -0.05) is 0 Å². The number of fused-ring (bicyclic) bond motifs is 1. The van der Waals surface area contributed by atoms with Crippen LogP contribution >= 0.6 is 0 Å². The highest BCUT2D eigenvalue weighted by molar-refractivity contribution is 5.94. The quantitative estimate of drug-likeness (QED) is 0.376. The zero-order chi connectivity index (χ0) is 25.7. The highest BCUT2D eigenvalue weighted by Crippen LogP contribution is 2.45. The number of halogens is 3. The van der Waals surface area contributed by atoms with E-state index in [0.29, 0.717) is 23.4 Å². The number of piperazine rings is 1. The van der Waals surface area contributed by atoms with E-state index >= 15 is 0 Å². The van der Waals surface area contributed by atoms with Crippen molar-refractivity contribution in [2.75, 3.05) is 23.3 Å². The van der Waals surface area contributed by atoms with Crippen LogP contribution in [0.5, 0.6) is 0 Å². The van der Waals surface area contributed by atoms with Crippen molar-refractivity contribution >= 4 is 28.4 Å². The topological polar surface area (TPSA) is 91.8 Å². The fourth-order valence-corrected chi connectivity index (χ4v) is 4.96. The van der Waals surface area contributed by atoms with Crippen LogP contribution in [0.3, 0.4) is 0 Å². The van der Waals surface area contributed by atoms with Gasteiger partial charge >= 0.3 is 0 Å². The predicted octanol–water partition coefficient (Wildman–Crippen LogP) is 4.71. The number of aromatic nitrogens is 5. The molecule has 2 N–H and O–H groups in total. The molecule has 4 aromatic heterocycles. The molecular formula is C26H25F3N8. The third-order valence-electron chi connectivity index (χ3n) is 6.64. The summed E-state index contributed by atoms with van der Waals surface area (Å²) >= 11 is 0. The second kappa shape index (κ2) is 9.22. The van der Waals surface area contributed by atoms with Gasteiger partial charge in [0.05, 0.1) is 11.7 Å². The highest BCUT2D eigenvalue weighted by atomic mass is 19.2. The lowest BCUT2D eigenvalue weighted by atomic mass is 10.1. The van der Waals surface area contributed by atoms with Crippen molar-refractivity contribution < 1.29 is 13.2 Å². The third kappa shape index (κ3) is 4.66. The fraction of sp³-hybridized carbons (Fsp3) is 0.346. The van der Waals surface area contributed by atoms with Crippen LogP contribution in [0, 0.1) is 17.6 Å². The van der Waals surface area contributed by atoms with E-state index in [0.717, 1.165) is 42.7 Å². The largest absolute Gasteiger partial charge is 0.353 e. The monoisotopic (exact) mass is 506 g/mol. The standard InChI is InChI=1S/C26H25F3N8/c1-13-11-37(12-14(2)32-13)26-22-17(15-3-4-15)9-30-10-19(22)33-24(36-26)16-5-6-31-21(7-16)35-25-23(29)18(27)8-20(28)34-25/h5-10,13-15,32H,3-4,11-12H2,1-2H3,(H,31,34,35). The SMILES string of the molecule is CC1CN(c2nc(-c3ccnc(Nc4nc(F)cc(F)c4F)c3)nc3cncc(C4CC4)c23)CC(C)N1. The lowest BCUT2D eigenvalue weighted by Crippen LogP contribution is -2.54. The molecule has 2 aliphatic rings. The van der Waals surface area contributed by atoms with Crippen molar-refractivity contribution in [2.24, 2.45) is 0 Å². The lowest BCUT2D eigenvalue weighted by Gasteiger charge is -2.37. The average Bonchev–Trinajstić information content (AvgIpc) is 3.71. The molecule has 2 atom stereocenters. The molecule has 0 spiro atoms. The Labute approximate surface area is 211 Å². The highest BCUT2D eigenvalue weighted by Gasteiger charge is 2.31. The van der Waals surface area contributed by atoms with Crippen LogP contribution in [0.4, 0.5) is 30.6 Å². The van der Waals surface area contributed by atoms with Crippen LogP contribution in [0.15, 0.2) is 36.8 Å². The van der Waals surface area contributed by atoms with Crippen molar-refractivity contribution in [2.45, 2.75) is 44.7 Å². The first-order chi connectivity index (χ1) is 17.9. The van der Waals surface area contributed by atoms with Crippen molar-refractivity contribution in [1.82, 2.24) is 30.2 Å². The van der Waals surface area contributed by atoms with E-state index in [1.807, 2.05) is 6.20 Å². The summed E-state index contributed by atoms with van der Waals surface area (Å²) in [6, 6.07) is 4.28. The van der Waals surface area contributed by atoms with E-state index in [4.69, 9.17) is 9.97 Å². The third-order valence-corrected chi connectivity index (χ3v) is 6.64. The van der Waals surface area contributed by atoms with Crippen LogP contribution < -0.4 is 15.5 Å². The van der Waals surface area contributed by atoms with Gasteiger partial charge in [-0.2, -0.15) is 13.8 Å². The molecule has 1 aliphatic carbocycles. The van der Waals surface area contributed by atoms with Gasteiger partial charge in [-0.15, -0.1) is 0 Å².